The molecule has 1 aliphatic carbocycles. The molecule has 1 N–H and O–H groups in total. The Morgan fingerprint density at radius 2 is 1.57 bits per heavy atom. The van der Waals surface area contributed by atoms with Gasteiger partial charge in [-0.1, -0.05) is 60.7 Å². The molecule has 1 spiro atoms. The van der Waals surface area contributed by atoms with Crippen LogP contribution in [0.3, 0.4) is 0 Å². The van der Waals surface area contributed by atoms with E-state index in [0.29, 0.717) is 12.1 Å². The highest BCUT2D eigenvalue weighted by Gasteiger charge is 2.52. The third kappa shape index (κ3) is 4.43. The van der Waals surface area contributed by atoms with Gasteiger partial charge in [-0.2, -0.15) is 0 Å². The molecule has 6 heteroatoms. The minimum absolute atomic E-state index is 0.0146. The minimum atomic E-state index is -2.94. The Kier molecular flexibility index (Phi) is 6.57. The molecule has 6 rings (SSSR count). The largest absolute Gasteiger partial charge is 0.356 e. The normalized spacial score (nSPS) is 23.1. The van der Waals surface area contributed by atoms with Gasteiger partial charge in [0, 0.05) is 46.7 Å². The first-order valence-electron chi connectivity index (χ1n) is 14.2. The van der Waals surface area contributed by atoms with Crippen LogP contribution in [0.5, 0.6) is 0 Å². The first-order valence-corrected chi connectivity index (χ1v) is 14.2. The molecule has 0 unspecified atom stereocenters. The maximum absolute atomic E-state index is 14.2. The van der Waals surface area contributed by atoms with Gasteiger partial charge in [-0.3, -0.25) is 4.79 Å². The summed E-state index contributed by atoms with van der Waals surface area (Å²) in [6.45, 7) is 1.49. The summed E-state index contributed by atoms with van der Waals surface area (Å²) in [7, 11) is 4.34. The van der Waals surface area contributed by atoms with Crippen molar-refractivity contribution in [3.05, 3.63) is 107 Å². The molecule has 4 nitrogen and oxygen atoms in total. The fraction of sp³-hybridized carbons (Fsp3) is 0.382. The zero-order chi connectivity index (χ0) is 28.1. The van der Waals surface area contributed by atoms with Crippen LogP contribution in [0.1, 0.15) is 65.3 Å². The number of hydrogen-bond acceptors (Lipinski definition) is 2. The number of fused-ring (bicyclic) bond motifs is 4. The van der Waals surface area contributed by atoms with Crippen molar-refractivity contribution in [2.75, 3.05) is 20.6 Å². The lowest BCUT2D eigenvalue weighted by molar-refractivity contribution is -0.0123. The number of carbonyl (C=O) groups excluding carboxylic acids is 1. The van der Waals surface area contributed by atoms with Gasteiger partial charge in [-0.25, -0.2) is 8.78 Å². The molecule has 2 aliphatic rings. The Balaban J connectivity index is 1.40. The van der Waals surface area contributed by atoms with Gasteiger partial charge in [-0.15, -0.1) is 0 Å². The maximum Gasteiger partial charge on any atom is 0.270 e. The fourth-order valence-corrected chi connectivity index (χ4v) is 7.19. The van der Waals surface area contributed by atoms with Gasteiger partial charge in [0.2, 0.25) is 0 Å². The van der Waals surface area contributed by atoms with E-state index in [-0.39, 0.29) is 17.0 Å². The van der Waals surface area contributed by atoms with E-state index in [1.54, 1.807) is 12.1 Å². The number of aromatic amines is 1. The van der Waals surface area contributed by atoms with Crippen LogP contribution in [0.2, 0.25) is 0 Å². The summed E-state index contributed by atoms with van der Waals surface area (Å²) >= 11 is 0. The molecule has 0 atom stereocenters. The number of H-pyrrole nitrogens is 1. The van der Waals surface area contributed by atoms with Crippen LogP contribution in [-0.4, -0.2) is 46.9 Å². The Labute approximate surface area is 235 Å². The number of aromatic nitrogens is 1. The van der Waals surface area contributed by atoms with Crippen LogP contribution < -0.4 is 0 Å². The Morgan fingerprint density at radius 3 is 2.23 bits per heavy atom. The van der Waals surface area contributed by atoms with Crippen molar-refractivity contribution in [1.29, 1.82) is 0 Å². The standard InChI is InChI=1S/C34H37F2N3O/c1-32(35,36)26-15-13-25(14-16-26)31(40)39-22-17-28-27-11-7-8-12-29(27)37-30(28)34(39)20-18-33(19-21-34,38(2)3)23-24-9-5-4-6-10-24/h4-16,37H,17-23H2,1-3H3. The van der Waals surface area contributed by atoms with Crippen LogP contribution in [0.15, 0.2) is 78.9 Å². The van der Waals surface area contributed by atoms with Gasteiger partial charge in [0.1, 0.15) is 0 Å². The van der Waals surface area contributed by atoms with E-state index in [9.17, 15) is 13.6 Å². The Bertz CT molecular complexity index is 1510. The predicted molar refractivity (Wildman–Crippen MR) is 156 cm³/mol. The monoisotopic (exact) mass is 541 g/mol. The lowest BCUT2D eigenvalue weighted by Gasteiger charge is -2.55. The van der Waals surface area contributed by atoms with Crippen LogP contribution in [0, 0.1) is 0 Å². The Hall–Kier alpha value is -3.51. The molecule has 2 heterocycles. The second-order valence-corrected chi connectivity index (χ2v) is 12.0. The van der Waals surface area contributed by atoms with Crippen LogP contribution >= 0.6 is 0 Å². The first-order chi connectivity index (χ1) is 19.1. The zero-order valence-electron chi connectivity index (χ0n) is 23.5. The number of alkyl halides is 2. The van der Waals surface area contributed by atoms with Crippen LogP contribution in [0.25, 0.3) is 10.9 Å². The number of likely N-dealkylation sites (N-methyl/N-ethyl adjacent to an activating group) is 1. The third-order valence-electron chi connectivity index (χ3n) is 9.60. The molecule has 1 fully saturated rings. The summed E-state index contributed by atoms with van der Waals surface area (Å²) in [5.74, 6) is -3.03. The van der Waals surface area contributed by atoms with Gasteiger partial charge in [0.05, 0.1) is 5.54 Å². The van der Waals surface area contributed by atoms with Gasteiger partial charge in [-0.05, 0) is 81.9 Å². The number of carbonyl (C=O) groups is 1. The minimum Gasteiger partial charge on any atom is -0.356 e. The van der Waals surface area contributed by atoms with Crippen molar-refractivity contribution < 1.29 is 13.6 Å². The fourth-order valence-electron chi connectivity index (χ4n) is 7.19. The van der Waals surface area contributed by atoms with Crippen molar-refractivity contribution in [2.45, 2.75) is 62.4 Å². The number of halogens is 2. The number of nitrogens with zero attached hydrogens (tertiary/aromatic N) is 2. The van der Waals surface area contributed by atoms with Crippen LogP contribution in [0.4, 0.5) is 8.78 Å². The molecule has 1 saturated carbocycles. The lowest BCUT2D eigenvalue weighted by atomic mass is 9.65. The predicted octanol–water partition coefficient (Wildman–Crippen LogP) is 7.29. The van der Waals surface area contributed by atoms with Gasteiger partial charge in [0.25, 0.3) is 11.8 Å². The molecule has 40 heavy (non-hydrogen) atoms. The molecule has 0 radical (unpaired) electrons. The zero-order valence-corrected chi connectivity index (χ0v) is 23.5. The topological polar surface area (TPSA) is 39.3 Å². The van der Waals surface area contributed by atoms with E-state index in [1.807, 2.05) is 11.0 Å². The van der Waals surface area contributed by atoms with Crippen molar-refractivity contribution in [3.8, 4) is 0 Å². The SMILES string of the molecule is CN(C)C1(Cc2ccccc2)CCC2(CC1)c1[nH]c3ccccc3c1CCN2C(=O)c1ccc(C(C)(F)F)cc1. The number of benzene rings is 3. The first kappa shape index (κ1) is 26.7. The Morgan fingerprint density at radius 1 is 0.925 bits per heavy atom. The van der Waals surface area contributed by atoms with E-state index >= 15 is 0 Å². The summed E-state index contributed by atoms with van der Waals surface area (Å²) in [5, 5.41) is 1.23. The third-order valence-corrected chi connectivity index (χ3v) is 9.60. The number of hydrogen-bond donors (Lipinski definition) is 1. The maximum atomic E-state index is 14.2. The molecule has 1 amide bonds. The van der Waals surface area contributed by atoms with Crippen molar-refractivity contribution >= 4 is 16.8 Å². The second kappa shape index (κ2) is 9.84. The van der Waals surface area contributed by atoms with Crippen molar-refractivity contribution in [1.82, 2.24) is 14.8 Å². The van der Waals surface area contributed by atoms with E-state index in [2.05, 4.69) is 72.5 Å². The molecule has 1 aromatic heterocycles. The van der Waals surface area contributed by atoms with Crippen molar-refractivity contribution in [2.24, 2.45) is 0 Å². The molecule has 3 aromatic carbocycles. The summed E-state index contributed by atoms with van der Waals surface area (Å²) in [6, 6.07) is 24.9. The molecule has 0 bridgehead atoms. The number of amides is 1. The smallest absolute Gasteiger partial charge is 0.270 e. The van der Waals surface area contributed by atoms with E-state index in [0.717, 1.165) is 56.7 Å². The van der Waals surface area contributed by atoms with Gasteiger partial charge < -0.3 is 14.8 Å². The molecule has 4 aromatic rings. The van der Waals surface area contributed by atoms with Gasteiger partial charge >= 0.3 is 0 Å². The van der Waals surface area contributed by atoms with E-state index in [4.69, 9.17) is 0 Å². The van der Waals surface area contributed by atoms with Crippen LogP contribution in [-0.2, 0) is 24.3 Å². The summed E-state index contributed by atoms with van der Waals surface area (Å²) < 4.78 is 27.8. The average molecular weight is 542 g/mol. The second-order valence-electron chi connectivity index (χ2n) is 12.0. The highest BCUT2D eigenvalue weighted by molar-refractivity contribution is 5.96. The quantitative estimate of drug-likeness (QED) is 0.288. The summed E-state index contributed by atoms with van der Waals surface area (Å²) in [5.41, 5.74) is 4.77. The summed E-state index contributed by atoms with van der Waals surface area (Å²) in [4.78, 5) is 22.3. The molecular weight excluding hydrogens is 504 g/mol. The number of rotatable bonds is 5. The number of para-hydroxylation sites is 1. The number of nitrogens with one attached hydrogen (secondary N) is 1. The lowest BCUT2D eigenvalue weighted by Crippen LogP contribution is -2.59. The van der Waals surface area contributed by atoms with Crippen molar-refractivity contribution in [3.63, 3.8) is 0 Å². The highest BCUT2D eigenvalue weighted by atomic mass is 19.3. The molecule has 0 saturated heterocycles. The molecular formula is C34H37F2N3O. The average Bonchev–Trinajstić information content (AvgIpc) is 3.34. The highest BCUT2D eigenvalue weighted by Crippen LogP contribution is 2.52. The van der Waals surface area contributed by atoms with E-state index in [1.165, 1.54) is 28.6 Å². The van der Waals surface area contributed by atoms with Gasteiger partial charge in [0.15, 0.2) is 0 Å². The molecule has 1 aliphatic heterocycles. The van der Waals surface area contributed by atoms with E-state index < -0.39 is 11.5 Å². The molecule has 208 valence electrons. The summed E-state index contributed by atoms with van der Waals surface area (Å²) in [6.07, 6.45) is 5.25.